The Labute approximate surface area is 141 Å². The molecule has 1 amide bonds. The van der Waals surface area contributed by atoms with Crippen LogP contribution in [-0.2, 0) is 0 Å². The van der Waals surface area contributed by atoms with Crippen LogP contribution in [0.3, 0.4) is 0 Å². The van der Waals surface area contributed by atoms with E-state index in [-0.39, 0.29) is 11.8 Å². The van der Waals surface area contributed by atoms with Crippen molar-refractivity contribution in [3.05, 3.63) is 57.3 Å². The van der Waals surface area contributed by atoms with Gasteiger partial charge in [-0.1, -0.05) is 30.3 Å². The molecule has 1 N–H and O–H groups in total. The smallest absolute Gasteiger partial charge is 0.254 e. The van der Waals surface area contributed by atoms with Crippen LogP contribution < -0.4 is 0 Å². The van der Waals surface area contributed by atoms with Gasteiger partial charge >= 0.3 is 0 Å². The zero-order valence-corrected chi connectivity index (χ0v) is 14.5. The fourth-order valence-corrected chi connectivity index (χ4v) is 4.27. The van der Waals surface area contributed by atoms with E-state index in [9.17, 15) is 9.90 Å². The van der Waals surface area contributed by atoms with Crippen LogP contribution in [0.1, 0.15) is 44.6 Å². The first-order valence-electron chi connectivity index (χ1n) is 8.15. The van der Waals surface area contributed by atoms with E-state index in [4.69, 9.17) is 0 Å². The highest BCUT2D eigenvalue weighted by Gasteiger charge is 2.29. The summed E-state index contributed by atoms with van der Waals surface area (Å²) in [6.45, 7) is 5.50. The maximum absolute atomic E-state index is 12.7. The van der Waals surface area contributed by atoms with E-state index in [1.54, 1.807) is 11.3 Å². The Morgan fingerprint density at radius 1 is 1.22 bits per heavy atom. The molecule has 1 aliphatic rings. The standard InChI is InChI=1S/C19H23NO2S/c1-13-12-17(14(2)23-13)19(22)20-10-8-16(9-11-20)18(21)15-6-4-3-5-7-15/h3-7,12,16,18,21H,8-11H2,1-2H3/t18-/m1/s1. The Balaban J connectivity index is 1.62. The molecule has 0 spiro atoms. The molecule has 3 nitrogen and oxygen atoms in total. The fraction of sp³-hybridized carbons (Fsp3) is 0.421. The van der Waals surface area contributed by atoms with Gasteiger partial charge in [-0.15, -0.1) is 11.3 Å². The summed E-state index contributed by atoms with van der Waals surface area (Å²) in [7, 11) is 0. The molecule has 4 heteroatoms. The number of rotatable bonds is 3. The number of piperidine rings is 1. The first-order chi connectivity index (χ1) is 11.1. The van der Waals surface area contributed by atoms with Gasteiger partial charge in [0, 0.05) is 22.8 Å². The van der Waals surface area contributed by atoms with Gasteiger partial charge < -0.3 is 10.0 Å². The highest BCUT2D eigenvalue weighted by atomic mass is 32.1. The summed E-state index contributed by atoms with van der Waals surface area (Å²) in [4.78, 5) is 16.9. The van der Waals surface area contributed by atoms with Crippen molar-refractivity contribution >= 4 is 17.2 Å². The molecule has 0 saturated carbocycles. The Bertz CT molecular complexity index is 672. The Morgan fingerprint density at radius 2 is 1.87 bits per heavy atom. The van der Waals surface area contributed by atoms with Crippen LogP contribution in [0.15, 0.2) is 36.4 Å². The molecule has 23 heavy (non-hydrogen) atoms. The molecule has 122 valence electrons. The van der Waals surface area contributed by atoms with Crippen molar-refractivity contribution in [1.82, 2.24) is 4.90 Å². The molecule has 0 aliphatic carbocycles. The van der Waals surface area contributed by atoms with Gasteiger partial charge in [-0.2, -0.15) is 0 Å². The van der Waals surface area contributed by atoms with Crippen LogP contribution in [-0.4, -0.2) is 29.0 Å². The van der Waals surface area contributed by atoms with Crippen LogP contribution in [0.25, 0.3) is 0 Å². The number of carbonyl (C=O) groups is 1. The summed E-state index contributed by atoms with van der Waals surface area (Å²) >= 11 is 1.68. The molecule has 1 saturated heterocycles. The summed E-state index contributed by atoms with van der Waals surface area (Å²) in [5.74, 6) is 0.367. The van der Waals surface area contributed by atoms with Crippen molar-refractivity contribution in [3.63, 3.8) is 0 Å². The predicted molar refractivity (Wildman–Crippen MR) is 93.8 cm³/mol. The molecule has 3 rings (SSSR count). The lowest BCUT2D eigenvalue weighted by Crippen LogP contribution is -2.39. The van der Waals surface area contributed by atoms with Gasteiger partial charge in [0.2, 0.25) is 0 Å². The van der Waals surface area contributed by atoms with E-state index < -0.39 is 6.10 Å². The Hall–Kier alpha value is -1.65. The molecule has 1 aromatic carbocycles. The number of amides is 1. The third kappa shape index (κ3) is 3.48. The lowest BCUT2D eigenvalue weighted by molar-refractivity contribution is 0.0462. The van der Waals surface area contributed by atoms with E-state index in [1.807, 2.05) is 55.1 Å². The number of hydrogen-bond donors (Lipinski definition) is 1. The second-order valence-electron chi connectivity index (χ2n) is 6.31. The van der Waals surface area contributed by atoms with Crippen LogP contribution in [0.5, 0.6) is 0 Å². The summed E-state index contributed by atoms with van der Waals surface area (Å²) in [6, 6.07) is 11.8. The largest absolute Gasteiger partial charge is 0.388 e. The van der Waals surface area contributed by atoms with Gasteiger partial charge in [0.05, 0.1) is 11.7 Å². The van der Waals surface area contributed by atoms with Crippen LogP contribution in [0.2, 0.25) is 0 Å². The molecular weight excluding hydrogens is 306 g/mol. The summed E-state index contributed by atoms with van der Waals surface area (Å²) in [5.41, 5.74) is 1.82. The molecule has 1 fully saturated rings. The van der Waals surface area contributed by atoms with Crippen molar-refractivity contribution in [2.75, 3.05) is 13.1 Å². The van der Waals surface area contributed by atoms with Gasteiger partial charge in [0.25, 0.3) is 5.91 Å². The molecule has 2 heterocycles. The number of thiophene rings is 1. The number of aliphatic hydroxyl groups excluding tert-OH is 1. The van der Waals surface area contributed by atoms with Gasteiger partial charge in [0.15, 0.2) is 0 Å². The molecule has 1 atom stereocenters. The monoisotopic (exact) mass is 329 g/mol. The van der Waals surface area contributed by atoms with Crippen molar-refractivity contribution < 1.29 is 9.90 Å². The van der Waals surface area contributed by atoms with E-state index in [1.165, 1.54) is 4.88 Å². The highest BCUT2D eigenvalue weighted by Crippen LogP contribution is 2.31. The van der Waals surface area contributed by atoms with Gasteiger partial charge in [-0.25, -0.2) is 0 Å². The van der Waals surface area contributed by atoms with Gasteiger partial charge in [-0.05, 0) is 44.2 Å². The van der Waals surface area contributed by atoms with Crippen molar-refractivity contribution in [2.45, 2.75) is 32.8 Å². The average Bonchev–Trinajstić information content (AvgIpc) is 2.93. The average molecular weight is 329 g/mol. The highest BCUT2D eigenvalue weighted by molar-refractivity contribution is 7.12. The zero-order valence-electron chi connectivity index (χ0n) is 13.7. The van der Waals surface area contributed by atoms with Crippen molar-refractivity contribution in [1.29, 1.82) is 0 Å². The number of nitrogens with zero attached hydrogens (tertiary/aromatic N) is 1. The lowest BCUT2D eigenvalue weighted by atomic mass is 9.87. The molecule has 2 aromatic rings. The summed E-state index contributed by atoms with van der Waals surface area (Å²) in [5, 5.41) is 10.5. The number of benzene rings is 1. The number of likely N-dealkylation sites (tertiary alicyclic amines) is 1. The summed E-state index contributed by atoms with van der Waals surface area (Å²) in [6.07, 6.45) is 1.27. The maximum Gasteiger partial charge on any atom is 0.254 e. The third-order valence-electron chi connectivity index (χ3n) is 4.69. The minimum atomic E-state index is -0.432. The second kappa shape index (κ2) is 6.85. The van der Waals surface area contributed by atoms with Gasteiger partial charge in [0.1, 0.15) is 0 Å². The first kappa shape index (κ1) is 16.2. The molecule has 1 aliphatic heterocycles. The van der Waals surface area contributed by atoms with E-state index in [0.717, 1.165) is 41.9 Å². The Kier molecular flexibility index (Phi) is 4.83. The zero-order chi connectivity index (χ0) is 16.4. The van der Waals surface area contributed by atoms with E-state index >= 15 is 0 Å². The van der Waals surface area contributed by atoms with Crippen LogP contribution in [0.4, 0.5) is 0 Å². The first-order valence-corrected chi connectivity index (χ1v) is 8.97. The van der Waals surface area contributed by atoms with Crippen LogP contribution >= 0.6 is 11.3 Å². The molecule has 0 bridgehead atoms. The predicted octanol–water partition coefficient (Wildman–Crippen LogP) is 3.95. The SMILES string of the molecule is Cc1cc(C(=O)N2CCC([C@H](O)c3ccccc3)CC2)c(C)s1. The number of aryl methyl sites for hydroxylation is 2. The van der Waals surface area contributed by atoms with Crippen LogP contribution in [0, 0.1) is 19.8 Å². The summed E-state index contributed by atoms with van der Waals surface area (Å²) < 4.78 is 0. The molecule has 1 aromatic heterocycles. The molecule has 0 unspecified atom stereocenters. The minimum Gasteiger partial charge on any atom is -0.388 e. The van der Waals surface area contributed by atoms with Crippen molar-refractivity contribution in [3.8, 4) is 0 Å². The quantitative estimate of drug-likeness (QED) is 0.926. The Morgan fingerprint density at radius 3 is 2.43 bits per heavy atom. The van der Waals surface area contributed by atoms with E-state index in [0.29, 0.717) is 0 Å². The van der Waals surface area contributed by atoms with Crippen molar-refractivity contribution in [2.24, 2.45) is 5.92 Å². The topological polar surface area (TPSA) is 40.5 Å². The van der Waals surface area contributed by atoms with E-state index in [2.05, 4.69) is 0 Å². The normalized spacial score (nSPS) is 17.3. The lowest BCUT2D eigenvalue weighted by Gasteiger charge is -2.34. The third-order valence-corrected chi connectivity index (χ3v) is 5.65. The fourth-order valence-electron chi connectivity index (χ4n) is 3.35. The minimum absolute atomic E-state index is 0.138. The van der Waals surface area contributed by atoms with Gasteiger partial charge in [-0.3, -0.25) is 4.79 Å². The maximum atomic E-state index is 12.7. The second-order valence-corrected chi connectivity index (χ2v) is 7.77. The molecule has 0 radical (unpaired) electrons. The molecular formula is C19H23NO2S. The number of carbonyl (C=O) groups excluding carboxylic acids is 1. The number of aliphatic hydroxyl groups is 1. The number of hydrogen-bond acceptors (Lipinski definition) is 3.